The molecule has 0 bridgehead atoms. The van der Waals surface area contributed by atoms with E-state index >= 15 is 0 Å². The molecule has 2 atom stereocenters. The van der Waals surface area contributed by atoms with E-state index in [-0.39, 0.29) is 30.4 Å². The van der Waals surface area contributed by atoms with E-state index < -0.39 is 0 Å². The number of carbonyl (C=O) groups excluding carboxylic acids is 1. The van der Waals surface area contributed by atoms with Crippen molar-refractivity contribution in [1.82, 2.24) is 5.32 Å². The van der Waals surface area contributed by atoms with Crippen molar-refractivity contribution in [3.8, 4) is 11.5 Å². The van der Waals surface area contributed by atoms with E-state index in [1.165, 1.54) is 0 Å². The smallest absolute Gasteiger partial charge is 0.235 e. The predicted molar refractivity (Wildman–Crippen MR) is 80.0 cm³/mol. The second kappa shape index (κ2) is 7.00. The number of amides is 1. The van der Waals surface area contributed by atoms with Crippen molar-refractivity contribution < 1.29 is 19.4 Å². The molecule has 1 amide bonds. The number of aliphatic hydroxyl groups excluding tert-OH is 1. The number of fused-ring (bicyclic) bond motifs is 1. The summed E-state index contributed by atoms with van der Waals surface area (Å²) in [4.78, 5) is 11.6. The minimum atomic E-state index is -0.259. The first-order valence-electron chi connectivity index (χ1n) is 6.85. The molecular formula is C15H20ClNO4. The van der Waals surface area contributed by atoms with Crippen LogP contribution in [-0.2, 0) is 11.2 Å². The Hall–Kier alpha value is -1.46. The molecule has 1 aromatic carbocycles. The Kier molecular flexibility index (Phi) is 5.31. The third-order valence-corrected chi connectivity index (χ3v) is 4.15. The highest BCUT2D eigenvalue weighted by molar-refractivity contribution is 6.27. The molecule has 1 aliphatic carbocycles. The Balaban J connectivity index is 2.42. The number of halogens is 1. The van der Waals surface area contributed by atoms with E-state index in [1.807, 2.05) is 12.1 Å². The molecule has 5 nitrogen and oxygen atoms in total. The third-order valence-electron chi connectivity index (χ3n) is 3.91. The lowest BCUT2D eigenvalue weighted by molar-refractivity contribution is -0.120. The summed E-state index contributed by atoms with van der Waals surface area (Å²) in [6, 6.07) is 3.54. The minimum absolute atomic E-state index is 0.0149. The van der Waals surface area contributed by atoms with Gasteiger partial charge in [-0.3, -0.25) is 4.79 Å². The Morgan fingerprint density at radius 3 is 2.62 bits per heavy atom. The Morgan fingerprint density at radius 1 is 1.38 bits per heavy atom. The first-order valence-corrected chi connectivity index (χ1v) is 7.39. The number of carbonyl (C=O) groups is 1. The summed E-state index contributed by atoms with van der Waals surface area (Å²) in [5, 5.41) is 12.4. The molecule has 0 saturated heterocycles. The highest BCUT2D eigenvalue weighted by Gasteiger charge is 2.31. The third kappa shape index (κ3) is 3.24. The van der Waals surface area contributed by atoms with Crippen LogP contribution in [0, 0.1) is 5.92 Å². The van der Waals surface area contributed by atoms with E-state index in [1.54, 1.807) is 14.2 Å². The number of hydrogen-bond acceptors (Lipinski definition) is 4. The summed E-state index contributed by atoms with van der Waals surface area (Å²) < 4.78 is 10.6. The van der Waals surface area contributed by atoms with Crippen LogP contribution in [0.15, 0.2) is 12.1 Å². The molecule has 6 heteroatoms. The van der Waals surface area contributed by atoms with Gasteiger partial charge in [0, 0.05) is 12.5 Å². The molecule has 0 aromatic heterocycles. The average Bonchev–Trinajstić information content (AvgIpc) is 2.53. The molecule has 0 spiro atoms. The van der Waals surface area contributed by atoms with Crippen LogP contribution >= 0.6 is 11.6 Å². The number of benzene rings is 1. The van der Waals surface area contributed by atoms with E-state index in [0.717, 1.165) is 24.0 Å². The molecule has 0 fully saturated rings. The van der Waals surface area contributed by atoms with Gasteiger partial charge >= 0.3 is 0 Å². The van der Waals surface area contributed by atoms with Gasteiger partial charge in [0.25, 0.3) is 0 Å². The Bertz CT molecular complexity index is 521. The lowest BCUT2D eigenvalue weighted by Gasteiger charge is -2.33. The van der Waals surface area contributed by atoms with Gasteiger partial charge < -0.3 is 19.9 Å². The molecule has 21 heavy (non-hydrogen) atoms. The molecule has 2 unspecified atom stereocenters. The zero-order valence-electron chi connectivity index (χ0n) is 12.2. The van der Waals surface area contributed by atoms with Gasteiger partial charge in [0.2, 0.25) is 5.91 Å². The van der Waals surface area contributed by atoms with E-state index in [2.05, 4.69) is 5.32 Å². The van der Waals surface area contributed by atoms with Crippen LogP contribution in [0.5, 0.6) is 11.5 Å². The number of hydrogen-bond donors (Lipinski definition) is 2. The fourth-order valence-corrected chi connectivity index (χ4v) is 2.89. The summed E-state index contributed by atoms with van der Waals surface area (Å²) >= 11 is 5.58. The molecule has 2 rings (SSSR count). The fourth-order valence-electron chi connectivity index (χ4n) is 2.81. The van der Waals surface area contributed by atoms with Gasteiger partial charge in [0.05, 0.1) is 20.3 Å². The second-order valence-electron chi connectivity index (χ2n) is 5.07. The predicted octanol–water partition coefficient (Wildman–Crippen LogP) is 1.65. The maximum absolute atomic E-state index is 11.6. The van der Waals surface area contributed by atoms with Gasteiger partial charge in [-0.2, -0.15) is 0 Å². The molecule has 1 aromatic rings. The Morgan fingerprint density at radius 2 is 2.05 bits per heavy atom. The van der Waals surface area contributed by atoms with Crippen LogP contribution in [0.2, 0.25) is 0 Å². The topological polar surface area (TPSA) is 67.8 Å². The second-order valence-corrected chi connectivity index (χ2v) is 5.33. The molecular weight excluding hydrogens is 294 g/mol. The first kappa shape index (κ1) is 15.9. The van der Waals surface area contributed by atoms with Crippen molar-refractivity contribution in [2.75, 3.05) is 26.7 Å². The summed E-state index contributed by atoms with van der Waals surface area (Å²) in [6.45, 7) is 0.0149. The van der Waals surface area contributed by atoms with E-state index in [0.29, 0.717) is 11.5 Å². The van der Waals surface area contributed by atoms with Crippen molar-refractivity contribution in [1.29, 1.82) is 0 Å². The number of aryl methyl sites for hydroxylation is 1. The number of methoxy groups -OCH3 is 2. The molecule has 0 radical (unpaired) electrons. The van der Waals surface area contributed by atoms with Gasteiger partial charge in [-0.1, -0.05) is 0 Å². The standard InChI is InChI=1S/C15H20ClNO4/c1-20-12-5-9-3-4-10(8-18)15(17-14(19)7-16)11(9)6-13(12)21-2/h5-6,10,15,18H,3-4,7-8H2,1-2H3,(H,17,19). The number of nitrogens with one attached hydrogen (secondary N) is 1. The minimum Gasteiger partial charge on any atom is -0.493 e. The van der Waals surface area contributed by atoms with Gasteiger partial charge in [-0.25, -0.2) is 0 Å². The number of aliphatic hydroxyl groups is 1. The normalized spacial score (nSPS) is 20.6. The molecule has 0 aliphatic heterocycles. The number of rotatable bonds is 5. The van der Waals surface area contributed by atoms with Gasteiger partial charge in [0.1, 0.15) is 5.88 Å². The molecule has 116 valence electrons. The maximum Gasteiger partial charge on any atom is 0.235 e. The van der Waals surface area contributed by atoms with Crippen LogP contribution < -0.4 is 14.8 Å². The summed E-state index contributed by atoms with van der Waals surface area (Å²) in [6.07, 6.45) is 1.63. The number of ether oxygens (including phenoxy) is 2. The average molecular weight is 314 g/mol. The largest absolute Gasteiger partial charge is 0.493 e. The van der Waals surface area contributed by atoms with Crippen molar-refractivity contribution in [3.63, 3.8) is 0 Å². The first-order chi connectivity index (χ1) is 10.1. The quantitative estimate of drug-likeness (QED) is 0.811. The van der Waals surface area contributed by atoms with Crippen LogP contribution in [0.4, 0.5) is 0 Å². The van der Waals surface area contributed by atoms with Crippen LogP contribution in [0.25, 0.3) is 0 Å². The molecule has 1 aliphatic rings. The van der Waals surface area contributed by atoms with Crippen molar-refractivity contribution in [2.45, 2.75) is 18.9 Å². The van der Waals surface area contributed by atoms with Gasteiger partial charge in [-0.05, 0) is 36.1 Å². The Labute approximate surface area is 129 Å². The number of alkyl halides is 1. The lowest BCUT2D eigenvalue weighted by atomic mass is 9.79. The molecule has 0 saturated carbocycles. The highest BCUT2D eigenvalue weighted by atomic mass is 35.5. The monoisotopic (exact) mass is 313 g/mol. The van der Waals surface area contributed by atoms with Gasteiger partial charge in [-0.15, -0.1) is 11.6 Å². The van der Waals surface area contributed by atoms with E-state index in [9.17, 15) is 9.90 Å². The fraction of sp³-hybridized carbons (Fsp3) is 0.533. The summed E-state index contributed by atoms with van der Waals surface area (Å²) in [7, 11) is 3.17. The van der Waals surface area contributed by atoms with Gasteiger partial charge in [0.15, 0.2) is 11.5 Å². The maximum atomic E-state index is 11.6. The zero-order valence-corrected chi connectivity index (χ0v) is 12.9. The van der Waals surface area contributed by atoms with Crippen molar-refractivity contribution in [2.24, 2.45) is 5.92 Å². The van der Waals surface area contributed by atoms with Crippen LogP contribution in [-0.4, -0.2) is 37.7 Å². The lowest BCUT2D eigenvalue weighted by Crippen LogP contribution is -2.38. The van der Waals surface area contributed by atoms with Crippen molar-refractivity contribution in [3.05, 3.63) is 23.3 Å². The van der Waals surface area contributed by atoms with Crippen LogP contribution in [0.3, 0.4) is 0 Å². The highest BCUT2D eigenvalue weighted by Crippen LogP contribution is 2.40. The zero-order chi connectivity index (χ0) is 15.4. The molecule has 0 heterocycles. The van der Waals surface area contributed by atoms with Crippen molar-refractivity contribution >= 4 is 17.5 Å². The van der Waals surface area contributed by atoms with Crippen LogP contribution in [0.1, 0.15) is 23.6 Å². The van der Waals surface area contributed by atoms with E-state index in [4.69, 9.17) is 21.1 Å². The SMILES string of the molecule is COc1cc2c(cc1OC)C(NC(=O)CCl)C(CO)CC2. The summed E-state index contributed by atoms with van der Waals surface area (Å²) in [5.41, 5.74) is 2.05. The molecule has 2 N–H and O–H groups in total. The summed E-state index contributed by atoms with van der Waals surface area (Å²) in [5.74, 6) is 0.906.